The molecule has 1 N–H and O–H groups in total. The summed E-state index contributed by atoms with van der Waals surface area (Å²) in [5, 5.41) is 2.64. The number of para-hydroxylation sites is 1. The fourth-order valence-electron chi connectivity index (χ4n) is 3.07. The minimum atomic E-state index is -4.15. The van der Waals surface area contributed by atoms with Gasteiger partial charge in [0.1, 0.15) is 24.7 Å². The van der Waals surface area contributed by atoms with Crippen LogP contribution in [0.25, 0.3) is 0 Å². The van der Waals surface area contributed by atoms with E-state index in [1.165, 1.54) is 30.3 Å². The van der Waals surface area contributed by atoms with Gasteiger partial charge in [0.15, 0.2) is 0 Å². The average Bonchev–Trinajstić information content (AvgIpc) is 2.78. The van der Waals surface area contributed by atoms with Gasteiger partial charge in [-0.2, -0.15) is 0 Å². The van der Waals surface area contributed by atoms with Gasteiger partial charge in [-0.3, -0.25) is 9.10 Å². The first-order valence-corrected chi connectivity index (χ1v) is 11.5. The predicted octanol–water partition coefficient (Wildman–Crippen LogP) is 3.83. The number of hydrogen-bond donors (Lipinski definition) is 1. The molecule has 0 radical (unpaired) electrons. The Hall–Kier alpha value is -3.39. The van der Waals surface area contributed by atoms with Crippen LogP contribution in [0.3, 0.4) is 0 Å². The van der Waals surface area contributed by atoms with Crippen LogP contribution in [0, 0.1) is 19.7 Å². The molecule has 0 aromatic heterocycles. The molecule has 8 heteroatoms. The zero-order chi connectivity index (χ0) is 23.1. The van der Waals surface area contributed by atoms with Gasteiger partial charge in [0.05, 0.1) is 17.1 Å². The van der Waals surface area contributed by atoms with Crippen molar-refractivity contribution in [1.29, 1.82) is 0 Å². The molecule has 0 bridgehead atoms. The number of nitrogens with one attached hydrogen (secondary N) is 1. The van der Waals surface area contributed by atoms with E-state index in [1.54, 1.807) is 18.2 Å². The minimum Gasteiger partial charge on any atom is -0.491 e. The Morgan fingerprint density at radius 3 is 2.41 bits per heavy atom. The van der Waals surface area contributed by atoms with Gasteiger partial charge in [-0.25, -0.2) is 12.8 Å². The third-order valence-electron chi connectivity index (χ3n) is 4.77. The second kappa shape index (κ2) is 10.3. The van der Waals surface area contributed by atoms with Crippen molar-refractivity contribution in [2.45, 2.75) is 18.7 Å². The van der Waals surface area contributed by atoms with E-state index in [0.29, 0.717) is 0 Å². The fourth-order valence-corrected chi connectivity index (χ4v) is 4.52. The van der Waals surface area contributed by atoms with Crippen LogP contribution in [-0.2, 0) is 14.8 Å². The lowest BCUT2D eigenvalue weighted by Gasteiger charge is -2.24. The highest BCUT2D eigenvalue weighted by molar-refractivity contribution is 7.92. The zero-order valence-corrected chi connectivity index (χ0v) is 18.7. The minimum absolute atomic E-state index is 0.0330. The number of benzene rings is 3. The van der Waals surface area contributed by atoms with Crippen molar-refractivity contribution >= 4 is 21.6 Å². The lowest BCUT2D eigenvalue weighted by Crippen LogP contribution is -2.42. The number of halogens is 1. The van der Waals surface area contributed by atoms with Gasteiger partial charge in [0.2, 0.25) is 5.91 Å². The van der Waals surface area contributed by atoms with E-state index in [9.17, 15) is 17.6 Å². The molecule has 0 spiro atoms. The molecule has 0 aliphatic rings. The molecule has 0 fully saturated rings. The van der Waals surface area contributed by atoms with E-state index in [1.807, 2.05) is 32.0 Å². The van der Waals surface area contributed by atoms with Crippen LogP contribution in [0.5, 0.6) is 5.75 Å². The Morgan fingerprint density at radius 2 is 1.69 bits per heavy atom. The van der Waals surface area contributed by atoms with Crippen molar-refractivity contribution in [3.05, 3.63) is 89.7 Å². The van der Waals surface area contributed by atoms with E-state index in [2.05, 4.69) is 5.32 Å². The first kappa shape index (κ1) is 23.3. The molecule has 0 saturated carbocycles. The molecule has 3 rings (SSSR count). The van der Waals surface area contributed by atoms with Crippen LogP contribution in [0.1, 0.15) is 11.1 Å². The highest BCUT2D eigenvalue weighted by atomic mass is 32.2. The normalized spacial score (nSPS) is 11.1. The van der Waals surface area contributed by atoms with Crippen LogP contribution in [-0.4, -0.2) is 34.0 Å². The van der Waals surface area contributed by atoms with Crippen LogP contribution >= 0.6 is 0 Å². The lowest BCUT2D eigenvalue weighted by molar-refractivity contribution is -0.119. The fraction of sp³-hybridized carbons (Fsp3) is 0.208. The molecule has 32 heavy (non-hydrogen) atoms. The molecule has 0 aliphatic carbocycles. The molecule has 6 nitrogen and oxygen atoms in total. The van der Waals surface area contributed by atoms with Gasteiger partial charge in [0.25, 0.3) is 10.0 Å². The number of anilines is 1. The maximum Gasteiger partial charge on any atom is 0.264 e. The third-order valence-corrected chi connectivity index (χ3v) is 6.54. The predicted molar refractivity (Wildman–Crippen MR) is 122 cm³/mol. The van der Waals surface area contributed by atoms with Crippen molar-refractivity contribution < 1.29 is 22.3 Å². The summed E-state index contributed by atoms with van der Waals surface area (Å²) < 4.78 is 47.2. The van der Waals surface area contributed by atoms with Crippen molar-refractivity contribution in [3.63, 3.8) is 0 Å². The molecule has 0 saturated heterocycles. The van der Waals surface area contributed by atoms with Crippen LogP contribution < -0.4 is 14.4 Å². The molecule has 0 aliphatic heterocycles. The molecule has 3 aromatic rings. The van der Waals surface area contributed by atoms with E-state index >= 15 is 0 Å². The lowest BCUT2D eigenvalue weighted by atomic mass is 10.1. The summed E-state index contributed by atoms with van der Waals surface area (Å²) in [6.45, 7) is 3.69. The van der Waals surface area contributed by atoms with E-state index in [-0.39, 0.29) is 23.7 Å². The first-order valence-electron chi connectivity index (χ1n) is 10.1. The Morgan fingerprint density at radius 1 is 1.00 bits per heavy atom. The molecule has 0 heterocycles. The molecule has 1 amide bonds. The monoisotopic (exact) mass is 456 g/mol. The Labute approximate surface area is 187 Å². The number of carbonyl (C=O) groups excluding carboxylic acids is 1. The number of ether oxygens (including phenoxy) is 1. The topological polar surface area (TPSA) is 75.7 Å². The summed E-state index contributed by atoms with van der Waals surface area (Å²) >= 11 is 0. The molecule has 0 atom stereocenters. The second-order valence-electron chi connectivity index (χ2n) is 7.24. The molecular formula is C24H25FN2O4S. The SMILES string of the molecule is Cc1ccc(C)c(OCCNC(=O)CN(c2ccccc2F)S(=O)(=O)c2ccccc2)c1. The summed E-state index contributed by atoms with van der Waals surface area (Å²) in [7, 11) is -4.15. The van der Waals surface area contributed by atoms with Gasteiger partial charge in [-0.05, 0) is 55.3 Å². The number of sulfonamides is 1. The van der Waals surface area contributed by atoms with Gasteiger partial charge in [0, 0.05) is 0 Å². The van der Waals surface area contributed by atoms with Gasteiger partial charge >= 0.3 is 0 Å². The van der Waals surface area contributed by atoms with Crippen LogP contribution in [0.4, 0.5) is 10.1 Å². The number of nitrogens with zero attached hydrogens (tertiary/aromatic N) is 1. The van der Waals surface area contributed by atoms with Crippen molar-refractivity contribution in [3.8, 4) is 5.75 Å². The Balaban J connectivity index is 1.70. The maximum atomic E-state index is 14.4. The van der Waals surface area contributed by atoms with E-state index < -0.39 is 28.3 Å². The van der Waals surface area contributed by atoms with Crippen LogP contribution in [0.15, 0.2) is 77.7 Å². The zero-order valence-electron chi connectivity index (χ0n) is 17.9. The summed E-state index contributed by atoms with van der Waals surface area (Å²) in [5.41, 5.74) is 1.83. The van der Waals surface area contributed by atoms with Gasteiger partial charge < -0.3 is 10.1 Å². The highest BCUT2D eigenvalue weighted by Crippen LogP contribution is 2.26. The smallest absolute Gasteiger partial charge is 0.264 e. The van der Waals surface area contributed by atoms with Gasteiger partial charge in [-0.15, -0.1) is 0 Å². The number of rotatable bonds is 9. The molecule has 0 unspecified atom stereocenters. The Kier molecular flexibility index (Phi) is 7.48. The Bertz CT molecular complexity index is 1180. The van der Waals surface area contributed by atoms with E-state index in [0.717, 1.165) is 27.2 Å². The first-order chi connectivity index (χ1) is 15.3. The average molecular weight is 457 g/mol. The molecule has 3 aromatic carbocycles. The standard InChI is InChI=1S/C24H25FN2O4S/c1-18-12-13-19(2)23(16-18)31-15-14-26-24(28)17-27(22-11-7-6-10-21(22)25)32(29,30)20-8-4-3-5-9-20/h3-13,16H,14-15,17H2,1-2H3,(H,26,28). The number of carbonyl (C=O) groups is 1. The number of amides is 1. The van der Waals surface area contributed by atoms with Crippen molar-refractivity contribution in [2.75, 3.05) is 24.0 Å². The summed E-state index contributed by atoms with van der Waals surface area (Å²) in [4.78, 5) is 12.5. The molecule has 168 valence electrons. The highest BCUT2D eigenvalue weighted by Gasteiger charge is 2.28. The maximum absolute atomic E-state index is 14.4. The molecular weight excluding hydrogens is 431 g/mol. The number of aryl methyl sites for hydroxylation is 2. The quantitative estimate of drug-likeness (QED) is 0.497. The summed E-state index contributed by atoms with van der Waals surface area (Å²) in [5.74, 6) is -0.589. The largest absolute Gasteiger partial charge is 0.491 e. The van der Waals surface area contributed by atoms with Crippen molar-refractivity contribution in [1.82, 2.24) is 5.32 Å². The van der Waals surface area contributed by atoms with Gasteiger partial charge in [-0.1, -0.05) is 42.5 Å². The van der Waals surface area contributed by atoms with Crippen molar-refractivity contribution in [2.24, 2.45) is 0 Å². The third kappa shape index (κ3) is 5.64. The summed E-state index contributed by atoms with van der Waals surface area (Å²) in [6.07, 6.45) is 0. The van der Waals surface area contributed by atoms with Crippen LogP contribution in [0.2, 0.25) is 0 Å². The number of hydrogen-bond acceptors (Lipinski definition) is 4. The second-order valence-corrected chi connectivity index (χ2v) is 9.11. The van der Waals surface area contributed by atoms with E-state index in [4.69, 9.17) is 4.74 Å². The summed E-state index contributed by atoms with van der Waals surface area (Å²) in [6, 6.07) is 18.9.